The highest BCUT2D eigenvalue weighted by molar-refractivity contribution is 5.59. The molecular formula is C15H25N3. The number of nitrogens with zero attached hydrogens (tertiary/aromatic N) is 2. The molecule has 2 rings (SSSR count). The van der Waals surface area contributed by atoms with Gasteiger partial charge in [0.25, 0.3) is 0 Å². The van der Waals surface area contributed by atoms with Crippen molar-refractivity contribution in [3.8, 4) is 0 Å². The number of hydrogen-bond acceptors (Lipinski definition) is 3. The molecular weight excluding hydrogens is 222 g/mol. The quantitative estimate of drug-likeness (QED) is 0.883. The van der Waals surface area contributed by atoms with Gasteiger partial charge in [-0.2, -0.15) is 0 Å². The largest absolute Gasteiger partial charge is 0.369 e. The summed E-state index contributed by atoms with van der Waals surface area (Å²) in [7, 11) is 0. The van der Waals surface area contributed by atoms with Crippen LogP contribution in [-0.2, 0) is 0 Å². The third kappa shape index (κ3) is 2.68. The summed E-state index contributed by atoms with van der Waals surface area (Å²) in [5.74, 6) is 0. The van der Waals surface area contributed by atoms with Crippen molar-refractivity contribution in [2.45, 2.75) is 26.8 Å². The maximum absolute atomic E-state index is 5.74. The maximum atomic E-state index is 5.74. The Balaban J connectivity index is 2.06. The molecule has 3 heteroatoms. The Morgan fingerprint density at radius 3 is 2.17 bits per heavy atom. The lowest BCUT2D eigenvalue weighted by Crippen LogP contribution is -2.51. The van der Waals surface area contributed by atoms with Crippen LogP contribution in [0.1, 0.15) is 18.1 Å². The first-order valence-electron chi connectivity index (χ1n) is 6.88. The standard InChI is InChI=1S/C15H25N3/c1-12-5-4-6-13(2)15(12)18-9-7-17(8-10-18)14(3)11-16/h4-6,14H,7-11,16H2,1-3H3. The molecule has 0 bridgehead atoms. The van der Waals surface area contributed by atoms with E-state index in [1.54, 1.807) is 0 Å². The van der Waals surface area contributed by atoms with Crippen LogP contribution in [0, 0.1) is 13.8 Å². The fourth-order valence-corrected chi connectivity index (χ4v) is 2.84. The summed E-state index contributed by atoms with van der Waals surface area (Å²) in [6, 6.07) is 7.06. The predicted octanol–water partition coefficient (Wildman–Crippen LogP) is 1.77. The SMILES string of the molecule is Cc1cccc(C)c1N1CCN(C(C)CN)CC1. The number of benzene rings is 1. The first-order valence-corrected chi connectivity index (χ1v) is 6.88. The van der Waals surface area contributed by atoms with Gasteiger partial charge in [-0.1, -0.05) is 18.2 Å². The van der Waals surface area contributed by atoms with E-state index >= 15 is 0 Å². The zero-order chi connectivity index (χ0) is 13.1. The van der Waals surface area contributed by atoms with Crippen molar-refractivity contribution in [2.75, 3.05) is 37.6 Å². The van der Waals surface area contributed by atoms with E-state index in [0.717, 1.165) is 32.7 Å². The molecule has 3 nitrogen and oxygen atoms in total. The molecule has 1 fully saturated rings. The molecule has 1 atom stereocenters. The maximum Gasteiger partial charge on any atom is 0.0426 e. The lowest BCUT2D eigenvalue weighted by molar-refractivity contribution is 0.201. The van der Waals surface area contributed by atoms with Crippen LogP contribution in [0.2, 0.25) is 0 Å². The number of anilines is 1. The van der Waals surface area contributed by atoms with E-state index in [-0.39, 0.29) is 0 Å². The lowest BCUT2D eigenvalue weighted by atomic mass is 10.1. The lowest BCUT2D eigenvalue weighted by Gasteiger charge is -2.39. The summed E-state index contributed by atoms with van der Waals surface area (Å²) < 4.78 is 0. The van der Waals surface area contributed by atoms with E-state index in [1.807, 2.05) is 0 Å². The van der Waals surface area contributed by atoms with Crippen LogP contribution >= 0.6 is 0 Å². The van der Waals surface area contributed by atoms with Crippen molar-refractivity contribution in [1.29, 1.82) is 0 Å². The van der Waals surface area contributed by atoms with E-state index in [4.69, 9.17) is 5.73 Å². The molecule has 2 N–H and O–H groups in total. The Kier molecular flexibility index (Phi) is 4.25. The van der Waals surface area contributed by atoms with Gasteiger partial charge < -0.3 is 10.6 Å². The van der Waals surface area contributed by atoms with E-state index < -0.39 is 0 Å². The Bertz CT molecular complexity index is 374. The molecule has 1 unspecified atom stereocenters. The number of hydrogen-bond donors (Lipinski definition) is 1. The van der Waals surface area contributed by atoms with Crippen LogP contribution in [0.4, 0.5) is 5.69 Å². The summed E-state index contributed by atoms with van der Waals surface area (Å²) in [5, 5.41) is 0. The highest BCUT2D eigenvalue weighted by Crippen LogP contribution is 2.25. The molecule has 1 aromatic carbocycles. The van der Waals surface area contributed by atoms with Gasteiger partial charge in [-0.15, -0.1) is 0 Å². The van der Waals surface area contributed by atoms with Gasteiger partial charge in [-0.25, -0.2) is 0 Å². The molecule has 1 aliphatic rings. The van der Waals surface area contributed by atoms with Gasteiger partial charge in [0.15, 0.2) is 0 Å². The normalized spacial score (nSPS) is 19.0. The Hall–Kier alpha value is -1.06. The van der Waals surface area contributed by atoms with Crippen LogP contribution in [0.3, 0.4) is 0 Å². The molecule has 0 spiro atoms. The highest BCUT2D eigenvalue weighted by Gasteiger charge is 2.21. The molecule has 1 heterocycles. The van der Waals surface area contributed by atoms with Gasteiger partial charge >= 0.3 is 0 Å². The van der Waals surface area contributed by atoms with E-state index in [0.29, 0.717) is 6.04 Å². The number of rotatable bonds is 3. The van der Waals surface area contributed by atoms with Crippen molar-refractivity contribution in [2.24, 2.45) is 5.73 Å². The van der Waals surface area contributed by atoms with Crippen LogP contribution in [0.15, 0.2) is 18.2 Å². The summed E-state index contributed by atoms with van der Waals surface area (Å²) >= 11 is 0. The Morgan fingerprint density at radius 2 is 1.67 bits per heavy atom. The number of nitrogens with two attached hydrogens (primary N) is 1. The van der Waals surface area contributed by atoms with Crippen LogP contribution < -0.4 is 10.6 Å². The Labute approximate surface area is 111 Å². The van der Waals surface area contributed by atoms with Crippen LogP contribution in [0.5, 0.6) is 0 Å². The summed E-state index contributed by atoms with van der Waals surface area (Å²) in [6.07, 6.45) is 0. The molecule has 100 valence electrons. The third-order valence-electron chi connectivity index (χ3n) is 4.03. The molecule has 1 saturated heterocycles. The number of para-hydroxylation sites is 1. The zero-order valence-corrected chi connectivity index (χ0v) is 11.8. The average molecular weight is 247 g/mol. The van der Waals surface area contributed by atoms with Crippen LogP contribution in [-0.4, -0.2) is 43.7 Å². The van der Waals surface area contributed by atoms with Gasteiger partial charge in [-0.05, 0) is 31.9 Å². The van der Waals surface area contributed by atoms with Crippen molar-refractivity contribution in [3.05, 3.63) is 29.3 Å². The third-order valence-corrected chi connectivity index (χ3v) is 4.03. The first kappa shape index (κ1) is 13.4. The second kappa shape index (κ2) is 5.72. The Morgan fingerprint density at radius 1 is 1.11 bits per heavy atom. The molecule has 18 heavy (non-hydrogen) atoms. The molecule has 0 radical (unpaired) electrons. The molecule has 1 aliphatic heterocycles. The van der Waals surface area contributed by atoms with Crippen molar-refractivity contribution < 1.29 is 0 Å². The predicted molar refractivity (Wildman–Crippen MR) is 78.2 cm³/mol. The summed E-state index contributed by atoms with van der Waals surface area (Å²) in [6.45, 7) is 11.8. The zero-order valence-electron chi connectivity index (χ0n) is 11.8. The molecule has 0 aromatic heterocycles. The first-order chi connectivity index (χ1) is 8.63. The topological polar surface area (TPSA) is 32.5 Å². The van der Waals surface area contributed by atoms with E-state index in [2.05, 4.69) is 48.8 Å². The minimum Gasteiger partial charge on any atom is -0.369 e. The smallest absolute Gasteiger partial charge is 0.0426 e. The van der Waals surface area contributed by atoms with Gasteiger partial charge in [-0.3, -0.25) is 4.90 Å². The van der Waals surface area contributed by atoms with Gasteiger partial charge in [0.1, 0.15) is 0 Å². The van der Waals surface area contributed by atoms with Gasteiger partial charge in [0, 0.05) is 44.5 Å². The molecule has 0 amide bonds. The average Bonchev–Trinajstić information content (AvgIpc) is 2.38. The molecule has 0 saturated carbocycles. The molecule has 1 aromatic rings. The van der Waals surface area contributed by atoms with Crippen molar-refractivity contribution in [1.82, 2.24) is 4.90 Å². The highest BCUT2D eigenvalue weighted by atomic mass is 15.3. The van der Waals surface area contributed by atoms with E-state index in [9.17, 15) is 0 Å². The van der Waals surface area contributed by atoms with E-state index in [1.165, 1.54) is 16.8 Å². The number of aryl methyl sites for hydroxylation is 2. The van der Waals surface area contributed by atoms with Crippen molar-refractivity contribution >= 4 is 5.69 Å². The second-order valence-electron chi connectivity index (χ2n) is 5.35. The van der Waals surface area contributed by atoms with Crippen molar-refractivity contribution in [3.63, 3.8) is 0 Å². The minimum absolute atomic E-state index is 0.505. The second-order valence-corrected chi connectivity index (χ2v) is 5.35. The summed E-state index contributed by atoms with van der Waals surface area (Å²) in [4.78, 5) is 5.01. The molecule has 0 aliphatic carbocycles. The van der Waals surface area contributed by atoms with Gasteiger partial charge in [0.2, 0.25) is 0 Å². The summed E-state index contributed by atoms with van der Waals surface area (Å²) in [5.41, 5.74) is 9.94. The fraction of sp³-hybridized carbons (Fsp3) is 0.600. The van der Waals surface area contributed by atoms with Crippen LogP contribution in [0.25, 0.3) is 0 Å². The van der Waals surface area contributed by atoms with Gasteiger partial charge in [0.05, 0.1) is 0 Å². The monoisotopic (exact) mass is 247 g/mol. The number of piperazine rings is 1. The fourth-order valence-electron chi connectivity index (χ4n) is 2.84. The minimum atomic E-state index is 0.505.